The number of hydrogen-bond acceptors (Lipinski definition) is 3. The summed E-state index contributed by atoms with van der Waals surface area (Å²) in [6.45, 7) is 4.10. The Balaban J connectivity index is 2.82. The number of hydrogen-bond donors (Lipinski definition) is 1. The molecule has 0 saturated heterocycles. The van der Waals surface area contributed by atoms with Crippen molar-refractivity contribution in [2.24, 2.45) is 0 Å². The first-order chi connectivity index (χ1) is 8.69. The lowest BCUT2D eigenvalue weighted by Gasteiger charge is -2.11. The number of phenols is 1. The third kappa shape index (κ3) is 2.13. The Morgan fingerprint density at radius 2 is 1.78 bits per heavy atom. The van der Waals surface area contributed by atoms with Crippen LogP contribution in [0.1, 0.15) is 37.8 Å². The molecule has 3 nitrogen and oxygen atoms in total. The standard InChI is InChI=1S/C15H18O3/c1-3-6-10-11(7-4-2)15(17)18-13-9-5-8-12(16)14(10)13/h5,8-9,16H,3-4,6-7H2,1-2H3. The Hall–Kier alpha value is -1.77. The van der Waals surface area contributed by atoms with E-state index in [1.165, 1.54) is 0 Å². The molecule has 0 bridgehead atoms. The lowest BCUT2D eigenvalue weighted by Crippen LogP contribution is -2.12. The van der Waals surface area contributed by atoms with E-state index in [1.807, 2.05) is 6.92 Å². The molecule has 3 heteroatoms. The fourth-order valence-electron chi connectivity index (χ4n) is 2.37. The zero-order chi connectivity index (χ0) is 13.1. The highest BCUT2D eigenvalue weighted by atomic mass is 16.4. The van der Waals surface area contributed by atoms with Crippen LogP contribution in [0.25, 0.3) is 11.0 Å². The summed E-state index contributed by atoms with van der Waals surface area (Å²) in [7, 11) is 0. The highest BCUT2D eigenvalue weighted by molar-refractivity contribution is 5.87. The van der Waals surface area contributed by atoms with Gasteiger partial charge in [0.05, 0.1) is 5.39 Å². The van der Waals surface area contributed by atoms with E-state index in [-0.39, 0.29) is 11.4 Å². The fraction of sp³-hybridized carbons (Fsp3) is 0.400. The highest BCUT2D eigenvalue weighted by Gasteiger charge is 2.15. The molecule has 0 aliphatic rings. The van der Waals surface area contributed by atoms with Gasteiger partial charge in [-0.25, -0.2) is 4.79 Å². The van der Waals surface area contributed by atoms with Crippen LogP contribution in [0.4, 0.5) is 0 Å². The van der Waals surface area contributed by atoms with Crippen LogP contribution in [-0.2, 0) is 12.8 Å². The summed E-state index contributed by atoms with van der Waals surface area (Å²) in [5.41, 5.74) is 1.87. The largest absolute Gasteiger partial charge is 0.507 e. The van der Waals surface area contributed by atoms with Gasteiger partial charge < -0.3 is 9.52 Å². The maximum atomic E-state index is 12.0. The van der Waals surface area contributed by atoms with Gasteiger partial charge in [0.25, 0.3) is 0 Å². The van der Waals surface area contributed by atoms with Crippen molar-refractivity contribution in [1.82, 2.24) is 0 Å². The molecule has 18 heavy (non-hydrogen) atoms. The van der Waals surface area contributed by atoms with Gasteiger partial charge in [0.1, 0.15) is 11.3 Å². The predicted octanol–water partition coefficient (Wildman–Crippen LogP) is 3.40. The average Bonchev–Trinajstić information content (AvgIpc) is 2.33. The van der Waals surface area contributed by atoms with Gasteiger partial charge in [-0.05, 0) is 30.5 Å². The maximum Gasteiger partial charge on any atom is 0.339 e. The average molecular weight is 246 g/mol. The molecule has 0 aliphatic heterocycles. The molecule has 2 aromatic rings. The van der Waals surface area contributed by atoms with Crippen LogP contribution in [0.5, 0.6) is 5.75 Å². The van der Waals surface area contributed by atoms with Crippen molar-refractivity contribution in [3.8, 4) is 5.75 Å². The SMILES string of the molecule is CCCc1c(CCC)c2c(O)cccc2oc1=O. The van der Waals surface area contributed by atoms with Gasteiger partial charge in [0.15, 0.2) is 0 Å². The Bertz CT molecular complexity index is 611. The summed E-state index contributed by atoms with van der Waals surface area (Å²) >= 11 is 0. The van der Waals surface area contributed by atoms with Gasteiger partial charge in [-0.1, -0.05) is 32.8 Å². The summed E-state index contributed by atoms with van der Waals surface area (Å²) < 4.78 is 5.30. The van der Waals surface area contributed by atoms with E-state index < -0.39 is 0 Å². The van der Waals surface area contributed by atoms with Gasteiger partial charge >= 0.3 is 5.63 Å². The molecule has 1 heterocycles. The van der Waals surface area contributed by atoms with Crippen molar-refractivity contribution in [2.75, 3.05) is 0 Å². The van der Waals surface area contributed by atoms with Gasteiger partial charge in [-0.15, -0.1) is 0 Å². The minimum atomic E-state index is -0.265. The highest BCUT2D eigenvalue weighted by Crippen LogP contribution is 2.29. The second kappa shape index (κ2) is 5.25. The van der Waals surface area contributed by atoms with Crippen LogP contribution in [0.15, 0.2) is 27.4 Å². The van der Waals surface area contributed by atoms with Crippen LogP contribution in [0.3, 0.4) is 0 Å². The van der Waals surface area contributed by atoms with E-state index in [0.717, 1.165) is 24.8 Å². The zero-order valence-corrected chi connectivity index (χ0v) is 10.8. The van der Waals surface area contributed by atoms with Gasteiger partial charge in [0.2, 0.25) is 0 Å². The smallest absolute Gasteiger partial charge is 0.339 e. The van der Waals surface area contributed by atoms with Crippen molar-refractivity contribution in [3.63, 3.8) is 0 Å². The Morgan fingerprint density at radius 3 is 2.44 bits per heavy atom. The molecule has 0 fully saturated rings. The quantitative estimate of drug-likeness (QED) is 0.841. The van der Waals surface area contributed by atoms with Crippen LogP contribution < -0.4 is 5.63 Å². The number of benzene rings is 1. The second-order valence-corrected chi connectivity index (χ2v) is 4.50. The van der Waals surface area contributed by atoms with Gasteiger partial charge in [0, 0.05) is 5.56 Å². The van der Waals surface area contributed by atoms with E-state index in [9.17, 15) is 9.90 Å². The molecule has 0 aliphatic carbocycles. The summed E-state index contributed by atoms with van der Waals surface area (Å²) in [6.07, 6.45) is 3.31. The van der Waals surface area contributed by atoms with E-state index in [2.05, 4.69) is 6.92 Å². The molecule has 96 valence electrons. The molecule has 1 aromatic heterocycles. The van der Waals surface area contributed by atoms with Crippen molar-refractivity contribution in [3.05, 3.63) is 39.7 Å². The molecule has 1 aromatic carbocycles. The summed E-state index contributed by atoms with van der Waals surface area (Å²) in [6, 6.07) is 5.05. The van der Waals surface area contributed by atoms with Gasteiger partial charge in [-0.2, -0.15) is 0 Å². The third-order valence-corrected chi connectivity index (χ3v) is 3.12. The molecule has 0 radical (unpaired) electrons. The van der Waals surface area contributed by atoms with Crippen molar-refractivity contribution in [1.29, 1.82) is 0 Å². The van der Waals surface area contributed by atoms with Crippen LogP contribution in [0.2, 0.25) is 0 Å². The second-order valence-electron chi connectivity index (χ2n) is 4.50. The Morgan fingerprint density at radius 1 is 1.11 bits per heavy atom. The van der Waals surface area contributed by atoms with Crippen LogP contribution in [0, 0.1) is 0 Å². The summed E-state index contributed by atoms with van der Waals surface area (Å²) in [4.78, 5) is 12.0. The maximum absolute atomic E-state index is 12.0. The Labute approximate surface area is 106 Å². The minimum Gasteiger partial charge on any atom is -0.507 e. The molecule has 0 spiro atoms. The van der Waals surface area contributed by atoms with E-state index in [0.29, 0.717) is 23.0 Å². The van der Waals surface area contributed by atoms with Gasteiger partial charge in [-0.3, -0.25) is 0 Å². The van der Waals surface area contributed by atoms with E-state index >= 15 is 0 Å². The lowest BCUT2D eigenvalue weighted by atomic mass is 9.97. The van der Waals surface area contributed by atoms with Crippen LogP contribution in [-0.4, -0.2) is 5.11 Å². The fourth-order valence-corrected chi connectivity index (χ4v) is 2.37. The topological polar surface area (TPSA) is 50.4 Å². The first-order valence-electron chi connectivity index (χ1n) is 6.45. The monoisotopic (exact) mass is 246 g/mol. The molecule has 0 amide bonds. The Kier molecular flexibility index (Phi) is 3.70. The minimum absolute atomic E-state index is 0.192. The zero-order valence-electron chi connectivity index (χ0n) is 10.8. The van der Waals surface area contributed by atoms with Crippen molar-refractivity contribution < 1.29 is 9.52 Å². The van der Waals surface area contributed by atoms with E-state index in [4.69, 9.17) is 4.42 Å². The molecule has 0 unspecified atom stereocenters. The normalized spacial score (nSPS) is 11.0. The van der Waals surface area contributed by atoms with Crippen molar-refractivity contribution >= 4 is 11.0 Å². The number of aromatic hydroxyl groups is 1. The lowest BCUT2D eigenvalue weighted by molar-refractivity contribution is 0.477. The number of phenolic OH excluding ortho intramolecular Hbond substituents is 1. The van der Waals surface area contributed by atoms with Crippen molar-refractivity contribution in [2.45, 2.75) is 39.5 Å². The molecular formula is C15H18O3. The molecule has 1 N–H and O–H groups in total. The summed E-state index contributed by atoms with van der Waals surface area (Å²) in [5, 5.41) is 10.7. The number of fused-ring (bicyclic) bond motifs is 1. The summed E-state index contributed by atoms with van der Waals surface area (Å²) in [5.74, 6) is 0.192. The van der Waals surface area contributed by atoms with E-state index in [1.54, 1.807) is 18.2 Å². The first kappa shape index (κ1) is 12.7. The molecule has 0 saturated carbocycles. The van der Waals surface area contributed by atoms with Crippen LogP contribution >= 0.6 is 0 Å². The predicted molar refractivity (Wildman–Crippen MR) is 72.1 cm³/mol. The molecule has 0 atom stereocenters. The number of aryl methyl sites for hydroxylation is 1. The first-order valence-corrected chi connectivity index (χ1v) is 6.45. The molecule has 2 rings (SSSR count). The molecular weight excluding hydrogens is 228 g/mol. The third-order valence-electron chi connectivity index (χ3n) is 3.12. The number of rotatable bonds is 4.